The Bertz CT molecular complexity index is 434. The van der Waals surface area contributed by atoms with Gasteiger partial charge >= 0.3 is 0 Å². The summed E-state index contributed by atoms with van der Waals surface area (Å²) in [6.45, 7) is 2.11. The van der Waals surface area contributed by atoms with Gasteiger partial charge in [0.15, 0.2) is 0 Å². The minimum Gasteiger partial charge on any atom is -0.380 e. The molecule has 1 aliphatic heterocycles. The SMILES string of the molecule is CCSc1cccc(NC2CCCSC2)c1C#N. The lowest BCUT2D eigenvalue weighted by Gasteiger charge is -2.24. The standard InChI is InChI=1S/C14H18N2S2/c1-2-18-14-7-3-6-13(12(14)9-15)16-11-5-4-8-17-10-11/h3,6-7,11,16H,2,4-5,8,10H2,1H3. The first-order valence-electron chi connectivity index (χ1n) is 6.35. The van der Waals surface area contributed by atoms with Gasteiger partial charge in [-0.15, -0.1) is 11.8 Å². The molecular formula is C14H18N2S2. The first-order valence-corrected chi connectivity index (χ1v) is 8.49. The van der Waals surface area contributed by atoms with Crippen LogP contribution in [0.4, 0.5) is 5.69 Å². The highest BCUT2D eigenvalue weighted by molar-refractivity contribution is 7.99. The molecule has 1 saturated heterocycles. The number of nitrogens with one attached hydrogen (secondary N) is 1. The summed E-state index contributed by atoms with van der Waals surface area (Å²) in [5, 5.41) is 12.9. The van der Waals surface area contributed by atoms with Crippen LogP contribution in [-0.2, 0) is 0 Å². The Balaban J connectivity index is 2.16. The zero-order valence-electron chi connectivity index (χ0n) is 10.6. The maximum absolute atomic E-state index is 9.35. The van der Waals surface area contributed by atoms with Crippen molar-refractivity contribution in [1.82, 2.24) is 0 Å². The van der Waals surface area contributed by atoms with Crippen molar-refractivity contribution in [2.75, 3.05) is 22.6 Å². The molecule has 1 fully saturated rings. The van der Waals surface area contributed by atoms with Gasteiger partial charge in [0.05, 0.1) is 11.3 Å². The van der Waals surface area contributed by atoms with Gasteiger partial charge in [-0.2, -0.15) is 17.0 Å². The molecule has 2 rings (SSSR count). The summed E-state index contributed by atoms with van der Waals surface area (Å²) in [7, 11) is 0. The molecule has 1 unspecified atom stereocenters. The topological polar surface area (TPSA) is 35.8 Å². The molecule has 1 aliphatic rings. The molecule has 0 radical (unpaired) electrons. The van der Waals surface area contributed by atoms with Crippen LogP contribution in [0.25, 0.3) is 0 Å². The maximum Gasteiger partial charge on any atom is 0.102 e. The number of anilines is 1. The third-order valence-electron chi connectivity index (χ3n) is 2.96. The Hall–Kier alpha value is -0.790. The highest BCUT2D eigenvalue weighted by atomic mass is 32.2. The van der Waals surface area contributed by atoms with E-state index in [0.29, 0.717) is 6.04 Å². The average molecular weight is 278 g/mol. The molecule has 1 aromatic rings. The monoisotopic (exact) mass is 278 g/mol. The molecule has 0 spiro atoms. The van der Waals surface area contributed by atoms with Gasteiger partial charge in [-0.1, -0.05) is 13.0 Å². The van der Waals surface area contributed by atoms with Crippen molar-refractivity contribution >= 4 is 29.2 Å². The Morgan fingerprint density at radius 2 is 2.44 bits per heavy atom. The average Bonchev–Trinajstić information content (AvgIpc) is 2.41. The molecule has 1 atom stereocenters. The second-order valence-electron chi connectivity index (χ2n) is 4.28. The molecule has 1 heterocycles. The van der Waals surface area contributed by atoms with Crippen LogP contribution in [0.1, 0.15) is 25.3 Å². The van der Waals surface area contributed by atoms with Crippen molar-refractivity contribution in [3.8, 4) is 6.07 Å². The highest BCUT2D eigenvalue weighted by Crippen LogP contribution is 2.29. The number of rotatable bonds is 4. The Morgan fingerprint density at radius 1 is 1.56 bits per heavy atom. The van der Waals surface area contributed by atoms with Gasteiger partial charge < -0.3 is 5.32 Å². The Morgan fingerprint density at radius 3 is 3.11 bits per heavy atom. The van der Waals surface area contributed by atoms with Gasteiger partial charge in [0.1, 0.15) is 6.07 Å². The smallest absolute Gasteiger partial charge is 0.102 e. The summed E-state index contributed by atoms with van der Waals surface area (Å²) >= 11 is 3.73. The van der Waals surface area contributed by atoms with E-state index < -0.39 is 0 Å². The zero-order valence-corrected chi connectivity index (χ0v) is 12.2. The minimum atomic E-state index is 0.512. The third-order valence-corrected chi connectivity index (χ3v) is 5.11. The van der Waals surface area contributed by atoms with Crippen LogP contribution >= 0.6 is 23.5 Å². The molecule has 0 bridgehead atoms. The molecule has 18 heavy (non-hydrogen) atoms. The van der Waals surface area contributed by atoms with Crippen LogP contribution in [0.15, 0.2) is 23.1 Å². The molecular weight excluding hydrogens is 260 g/mol. The fourth-order valence-electron chi connectivity index (χ4n) is 2.12. The van der Waals surface area contributed by atoms with E-state index in [1.54, 1.807) is 11.8 Å². The fourth-order valence-corrected chi connectivity index (χ4v) is 3.97. The van der Waals surface area contributed by atoms with E-state index in [2.05, 4.69) is 18.3 Å². The van der Waals surface area contributed by atoms with E-state index in [4.69, 9.17) is 0 Å². The number of hydrogen-bond acceptors (Lipinski definition) is 4. The van der Waals surface area contributed by atoms with Crippen LogP contribution in [-0.4, -0.2) is 23.3 Å². The number of hydrogen-bond donors (Lipinski definition) is 1. The van der Waals surface area contributed by atoms with E-state index in [0.717, 1.165) is 27.7 Å². The van der Waals surface area contributed by atoms with Crippen LogP contribution in [0, 0.1) is 11.3 Å². The van der Waals surface area contributed by atoms with Crippen molar-refractivity contribution in [3.05, 3.63) is 23.8 Å². The maximum atomic E-state index is 9.35. The second-order valence-corrected chi connectivity index (χ2v) is 6.74. The third kappa shape index (κ3) is 3.37. The predicted molar refractivity (Wildman–Crippen MR) is 81.5 cm³/mol. The lowest BCUT2D eigenvalue weighted by molar-refractivity contribution is 0.685. The number of nitrogens with zero attached hydrogens (tertiary/aromatic N) is 1. The quantitative estimate of drug-likeness (QED) is 0.845. The van der Waals surface area contributed by atoms with Gasteiger partial charge in [-0.25, -0.2) is 0 Å². The number of benzene rings is 1. The Kier molecular flexibility index (Phi) is 5.27. The van der Waals surface area contributed by atoms with Gasteiger partial charge in [0.25, 0.3) is 0 Å². The van der Waals surface area contributed by atoms with E-state index >= 15 is 0 Å². The van der Waals surface area contributed by atoms with E-state index in [1.807, 2.05) is 30.0 Å². The van der Waals surface area contributed by atoms with Gasteiger partial charge in [-0.3, -0.25) is 0 Å². The largest absolute Gasteiger partial charge is 0.380 e. The number of thioether (sulfide) groups is 2. The summed E-state index contributed by atoms with van der Waals surface area (Å²) in [4.78, 5) is 1.09. The lowest BCUT2D eigenvalue weighted by atomic mass is 10.1. The van der Waals surface area contributed by atoms with Gasteiger partial charge in [0, 0.05) is 16.7 Å². The number of nitriles is 1. The Labute approximate surface area is 118 Å². The molecule has 1 N–H and O–H groups in total. The van der Waals surface area contributed by atoms with Crippen LogP contribution < -0.4 is 5.32 Å². The van der Waals surface area contributed by atoms with Crippen molar-refractivity contribution in [2.45, 2.75) is 30.7 Å². The van der Waals surface area contributed by atoms with E-state index in [1.165, 1.54) is 18.6 Å². The molecule has 96 valence electrons. The minimum absolute atomic E-state index is 0.512. The zero-order chi connectivity index (χ0) is 12.8. The van der Waals surface area contributed by atoms with Crippen molar-refractivity contribution in [3.63, 3.8) is 0 Å². The molecule has 1 aromatic carbocycles. The van der Waals surface area contributed by atoms with Crippen molar-refractivity contribution in [1.29, 1.82) is 5.26 Å². The summed E-state index contributed by atoms with van der Waals surface area (Å²) in [6.07, 6.45) is 2.48. The fraction of sp³-hybridized carbons (Fsp3) is 0.500. The first-order chi connectivity index (χ1) is 8.85. The predicted octanol–water partition coefficient (Wildman–Crippen LogP) is 3.98. The normalized spacial score (nSPS) is 19.2. The van der Waals surface area contributed by atoms with E-state index in [-0.39, 0.29) is 0 Å². The molecule has 4 heteroatoms. The summed E-state index contributed by atoms with van der Waals surface area (Å²) in [5.41, 5.74) is 1.81. The van der Waals surface area contributed by atoms with Crippen LogP contribution in [0.2, 0.25) is 0 Å². The highest BCUT2D eigenvalue weighted by Gasteiger charge is 2.16. The lowest BCUT2D eigenvalue weighted by Crippen LogP contribution is -2.26. The van der Waals surface area contributed by atoms with Crippen LogP contribution in [0.3, 0.4) is 0 Å². The van der Waals surface area contributed by atoms with Gasteiger partial charge in [0.2, 0.25) is 0 Å². The summed E-state index contributed by atoms with van der Waals surface area (Å²) in [6, 6.07) is 8.96. The van der Waals surface area contributed by atoms with Gasteiger partial charge in [-0.05, 0) is 36.5 Å². The molecule has 0 amide bonds. The molecule has 0 aliphatic carbocycles. The van der Waals surface area contributed by atoms with E-state index in [9.17, 15) is 5.26 Å². The summed E-state index contributed by atoms with van der Waals surface area (Å²) in [5.74, 6) is 3.42. The first kappa shape index (κ1) is 13.6. The van der Waals surface area contributed by atoms with Crippen molar-refractivity contribution < 1.29 is 0 Å². The van der Waals surface area contributed by atoms with Crippen LogP contribution in [0.5, 0.6) is 0 Å². The summed E-state index contributed by atoms with van der Waals surface area (Å²) < 4.78 is 0. The second kappa shape index (κ2) is 6.96. The van der Waals surface area contributed by atoms with Crippen molar-refractivity contribution in [2.24, 2.45) is 0 Å². The molecule has 2 nitrogen and oxygen atoms in total. The molecule has 0 saturated carbocycles. The molecule has 0 aromatic heterocycles.